The minimum absolute atomic E-state index is 0.0880. The van der Waals surface area contributed by atoms with Gasteiger partial charge in [0.05, 0.1) is 12.8 Å². The van der Waals surface area contributed by atoms with Gasteiger partial charge < -0.3 is 20.1 Å². The lowest BCUT2D eigenvalue weighted by molar-refractivity contribution is -0.160. The van der Waals surface area contributed by atoms with Crippen LogP contribution in [0.2, 0.25) is 0 Å². The Morgan fingerprint density at radius 2 is 1.61 bits per heavy atom. The highest BCUT2D eigenvalue weighted by atomic mass is 16.6. The predicted molar refractivity (Wildman–Crippen MR) is 159 cm³/mol. The Morgan fingerprint density at radius 3 is 2.22 bits per heavy atom. The molecule has 216 valence electrons. The number of nitrogens with two attached hydrogens (primary N) is 1. The summed E-state index contributed by atoms with van der Waals surface area (Å²) >= 11 is 0. The number of primary amides is 1. The van der Waals surface area contributed by atoms with Gasteiger partial charge in [0.1, 0.15) is 23.9 Å². The van der Waals surface area contributed by atoms with E-state index in [4.69, 9.17) is 15.2 Å². The summed E-state index contributed by atoms with van der Waals surface area (Å²) < 4.78 is 11.0. The number of nitrogens with zero attached hydrogens (tertiary/aromatic N) is 2. The van der Waals surface area contributed by atoms with Crippen molar-refractivity contribution in [3.63, 3.8) is 0 Å². The Labute approximate surface area is 242 Å². The van der Waals surface area contributed by atoms with E-state index in [9.17, 15) is 14.4 Å². The van der Waals surface area contributed by atoms with Crippen molar-refractivity contribution in [2.75, 3.05) is 18.6 Å². The minimum atomic E-state index is -0.951. The second kappa shape index (κ2) is 12.9. The van der Waals surface area contributed by atoms with Crippen LogP contribution in [0.3, 0.4) is 0 Å². The molecule has 1 aliphatic heterocycles. The van der Waals surface area contributed by atoms with Crippen molar-refractivity contribution in [3.05, 3.63) is 96.1 Å². The summed E-state index contributed by atoms with van der Waals surface area (Å²) in [4.78, 5) is 43.6. The van der Waals surface area contributed by atoms with E-state index in [1.165, 1.54) is 12.0 Å². The molecule has 3 aromatic carbocycles. The van der Waals surface area contributed by atoms with Gasteiger partial charge in [-0.3, -0.25) is 14.5 Å². The zero-order valence-corrected chi connectivity index (χ0v) is 24.2. The monoisotopic (exact) mass is 557 g/mol. The van der Waals surface area contributed by atoms with Crippen LogP contribution in [0.1, 0.15) is 50.7 Å². The Balaban J connectivity index is 1.82. The van der Waals surface area contributed by atoms with Gasteiger partial charge in [-0.2, -0.15) is 0 Å². The number of ether oxygens (including phenoxy) is 2. The van der Waals surface area contributed by atoms with Gasteiger partial charge in [-0.25, -0.2) is 4.79 Å². The van der Waals surface area contributed by atoms with E-state index in [1.54, 1.807) is 49.9 Å². The van der Waals surface area contributed by atoms with E-state index >= 15 is 0 Å². The topological polar surface area (TPSA) is 102 Å². The number of anilines is 1. The maximum absolute atomic E-state index is 14.5. The molecule has 1 heterocycles. The molecule has 1 aliphatic rings. The van der Waals surface area contributed by atoms with Crippen LogP contribution in [-0.4, -0.2) is 54.1 Å². The van der Waals surface area contributed by atoms with Gasteiger partial charge in [0, 0.05) is 12.1 Å². The number of urea groups is 1. The standard InChI is InChI=1S/C33H39N3O5/c1-33(2,3)41-30(37)22-35-27(18-23-12-7-5-8-13-23)19-25(24-14-9-6-10-15-24)20-29(31(35)38)36(32(34)39)26-16-11-17-28(21-26)40-4/h5-17,21,25,27,29H,18-20,22H2,1-4H3,(H2,34,39). The van der Waals surface area contributed by atoms with Crippen LogP contribution in [0.5, 0.6) is 5.75 Å². The average Bonchev–Trinajstić information content (AvgIpc) is 3.06. The third-order valence-corrected chi connectivity index (χ3v) is 7.26. The quantitative estimate of drug-likeness (QED) is 0.378. The van der Waals surface area contributed by atoms with Crippen molar-refractivity contribution >= 4 is 23.6 Å². The number of amides is 3. The van der Waals surface area contributed by atoms with Gasteiger partial charge in [0.15, 0.2) is 0 Å². The van der Waals surface area contributed by atoms with Gasteiger partial charge in [0.25, 0.3) is 0 Å². The number of likely N-dealkylation sites (tertiary alicyclic amines) is 1. The van der Waals surface area contributed by atoms with Gasteiger partial charge in [-0.1, -0.05) is 66.7 Å². The lowest BCUT2D eigenvalue weighted by Crippen LogP contribution is -2.55. The molecule has 0 radical (unpaired) electrons. The number of hydrogen-bond donors (Lipinski definition) is 1. The van der Waals surface area contributed by atoms with E-state index in [0.717, 1.165) is 11.1 Å². The van der Waals surface area contributed by atoms with Crippen molar-refractivity contribution in [2.45, 2.75) is 63.6 Å². The molecule has 3 unspecified atom stereocenters. The molecule has 3 atom stereocenters. The molecule has 8 nitrogen and oxygen atoms in total. The molecular weight excluding hydrogens is 518 g/mol. The van der Waals surface area contributed by atoms with E-state index in [-0.39, 0.29) is 24.4 Å². The Kier molecular flexibility index (Phi) is 9.32. The first kappa shape index (κ1) is 29.6. The van der Waals surface area contributed by atoms with Crippen molar-refractivity contribution in [2.24, 2.45) is 5.73 Å². The van der Waals surface area contributed by atoms with E-state index in [0.29, 0.717) is 30.7 Å². The van der Waals surface area contributed by atoms with Crippen molar-refractivity contribution < 1.29 is 23.9 Å². The largest absolute Gasteiger partial charge is 0.497 e. The van der Waals surface area contributed by atoms with Crippen LogP contribution in [-0.2, 0) is 20.7 Å². The van der Waals surface area contributed by atoms with Gasteiger partial charge in [-0.05, 0) is 69.2 Å². The zero-order valence-electron chi connectivity index (χ0n) is 24.2. The van der Waals surface area contributed by atoms with Crippen LogP contribution in [0.15, 0.2) is 84.9 Å². The molecular formula is C33H39N3O5. The van der Waals surface area contributed by atoms with Crippen molar-refractivity contribution in [3.8, 4) is 5.75 Å². The number of benzene rings is 3. The summed E-state index contributed by atoms with van der Waals surface area (Å²) in [5.41, 5.74) is 7.79. The highest BCUT2D eigenvalue weighted by Gasteiger charge is 2.43. The summed E-state index contributed by atoms with van der Waals surface area (Å²) in [6, 6.07) is 24.7. The molecule has 3 aromatic rings. The van der Waals surface area contributed by atoms with E-state index in [2.05, 4.69) is 0 Å². The van der Waals surface area contributed by atoms with E-state index in [1.807, 2.05) is 60.7 Å². The molecule has 8 heteroatoms. The molecule has 0 aromatic heterocycles. The minimum Gasteiger partial charge on any atom is -0.497 e. The Bertz CT molecular complexity index is 1340. The molecule has 0 bridgehead atoms. The average molecular weight is 558 g/mol. The maximum atomic E-state index is 14.5. The number of esters is 1. The zero-order chi connectivity index (χ0) is 29.6. The van der Waals surface area contributed by atoms with Crippen LogP contribution >= 0.6 is 0 Å². The predicted octanol–water partition coefficient (Wildman–Crippen LogP) is 5.31. The third kappa shape index (κ3) is 7.66. The second-order valence-corrected chi connectivity index (χ2v) is 11.4. The molecule has 0 aliphatic carbocycles. The lowest BCUT2D eigenvalue weighted by Gasteiger charge is -2.35. The highest BCUT2D eigenvalue weighted by Crippen LogP contribution is 2.37. The van der Waals surface area contributed by atoms with Gasteiger partial charge in [-0.15, -0.1) is 0 Å². The van der Waals surface area contributed by atoms with Crippen LogP contribution < -0.4 is 15.4 Å². The summed E-state index contributed by atoms with van der Waals surface area (Å²) in [6.45, 7) is 5.14. The molecule has 0 spiro atoms. The molecule has 1 saturated heterocycles. The third-order valence-electron chi connectivity index (χ3n) is 7.26. The van der Waals surface area contributed by atoms with Crippen LogP contribution in [0, 0.1) is 0 Å². The first-order valence-electron chi connectivity index (χ1n) is 13.9. The highest BCUT2D eigenvalue weighted by molar-refractivity contribution is 6.00. The Hall–Kier alpha value is -4.33. The maximum Gasteiger partial charge on any atom is 0.326 e. The second-order valence-electron chi connectivity index (χ2n) is 11.4. The molecule has 41 heavy (non-hydrogen) atoms. The van der Waals surface area contributed by atoms with Gasteiger partial charge in [0.2, 0.25) is 5.91 Å². The summed E-state index contributed by atoms with van der Waals surface area (Å²) in [5.74, 6) is -0.415. The fourth-order valence-electron chi connectivity index (χ4n) is 5.53. The number of hydrogen-bond acceptors (Lipinski definition) is 5. The first-order valence-corrected chi connectivity index (χ1v) is 13.9. The normalized spacial score (nSPS) is 19.3. The molecule has 2 N–H and O–H groups in total. The molecule has 1 fully saturated rings. The summed E-state index contributed by atoms with van der Waals surface area (Å²) in [5, 5.41) is 0. The lowest BCUT2D eigenvalue weighted by atomic mass is 9.86. The molecule has 3 amide bonds. The van der Waals surface area contributed by atoms with Crippen molar-refractivity contribution in [1.82, 2.24) is 4.90 Å². The number of carbonyl (C=O) groups is 3. The SMILES string of the molecule is COc1cccc(N(C(N)=O)C2CC(c3ccccc3)CC(Cc3ccccc3)N(CC(=O)OC(C)(C)C)C2=O)c1. The van der Waals surface area contributed by atoms with Gasteiger partial charge >= 0.3 is 12.0 Å². The number of rotatable bonds is 8. The number of carbonyl (C=O) groups excluding carboxylic acids is 3. The molecule has 0 saturated carbocycles. The van der Waals surface area contributed by atoms with Crippen LogP contribution in [0.25, 0.3) is 0 Å². The smallest absolute Gasteiger partial charge is 0.326 e. The Morgan fingerprint density at radius 1 is 0.951 bits per heavy atom. The first-order chi connectivity index (χ1) is 19.6. The van der Waals surface area contributed by atoms with E-state index < -0.39 is 23.6 Å². The summed E-state index contributed by atoms with van der Waals surface area (Å²) in [7, 11) is 1.53. The fraction of sp³-hybridized carbons (Fsp3) is 0.364. The van der Waals surface area contributed by atoms with Crippen LogP contribution in [0.4, 0.5) is 10.5 Å². The van der Waals surface area contributed by atoms with Crippen molar-refractivity contribution in [1.29, 1.82) is 0 Å². The molecule has 4 rings (SSSR count). The fourth-order valence-corrected chi connectivity index (χ4v) is 5.53. The number of methoxy groups -OCH3 is 1. The summed E-state index contributed by atoms with van der Waals surface area (Å²) in [6.07, 6.45) is 1.47.